The second-order valence-corrected chi connectivity index (χ2v) is 3.07. The minimum Gasteiger partial charge on any atom is -0.367 e. The van der Waals surface area contributed by atoms with Crippen molar-refractivity contribution in [3.05, 3.63) is 11.6 Å². The molecule has 76 valence electrons. The van der Waals surface area contributed by atoms with E-state index in [4.69, 9.17) is 0 Å². The van der Waals surface area contributed by atoms with Gasteiger partial charge in [0.1, 0.15) is 0 Å². The van der Waals surface area contributed by atoms with Crippen LogP contribution in [0.25, 0.3) is 0 Å². The van der Waals surface area contributed by atoms with E-state index in [1.54, 1.807) is 14.0 Å². The molecule has 0 fully saturated rings. The van der Waals surface area contributed by atoms with Crippen LogP contribution in [0.3, 0.4) is 0 Å². The van der Waals surface area contributed by atoms with Crippen molar-refractivity contribution in [2.45, 2.75) is 13.3 Å². The maximum Gasteiger partial charge on any atom is 0.352 e. The lowest BCUT2D eigenvalue weighted by Gasteiger charge is -2.06. The van der Waals surface area contributed by atoms with Gasteiger partial charge in [0.25, 0.3) is 0 Å². The molecule has 0 saturated carbocycles. The van der Waals surface area contributed by atoms with Gasteiger partial charge in [0, 0.05) is 19.2 Å². The predicted octanol–water partition coefficient (Wildman–Crippen LogP) is 0.562. The number of nitrogens with one attached hydrogen (secondary N) is 1. The van der Waals surface area contributed by atoms with Crippen molar-refractivity contribution >= 4 is 5.97 Å². The second kappa shape index (κ2) is 6.62. The Balaban J connectivity index is 3.80. The second-order valence-electron chi connectivity index (χ2n) is 3.07. The maximum absolute atomic E-state index is 11.1. The quantitative estimate of drug-likeness (QED) is 0.503. The van der Waals surface area contributed by atoms with Crippen LogP contribution in [0.15, 0.2) is 11.6 Å². The Morgan fingerprint density at radius 3 is 2.62 bits per heavy atom. The molecule has 0 unspecified atom stereocenters. The Bertz CT molecular complexity index is 188. The van der Waals surface area contributed by atoms with Crippen LogP contribution in [-0.2, 0) is 9.63 Å². The highest BCUT2D eigenvalue weighted by Crippen LogP contribution is 1.97. The van der Waals surface area contributed by atoms with Gasteiger partial charge >= 0.3 is 5.97 Å². The molecule has 4 heteroatoms. The third-order valence-electron chi connectivity index (χ3n) is 1.54. The Labute approximate surface area is 79.5 Å². The van der Waals surface area contributed by atoms with Gasteiger partial charge in [-0.2, -0.15) is 5.48 Å². The van der Waals surface area contributed by atoms with Crippen LogP contribution in [0.5, 0.6) is 0 Å². The molecule has 0 aliphatic heterocycles. The molecular weight excluding hydrogens is 168 g/mol. The predicted molar refractivity (Wildman–Crippen MR) is 52.1 cm³/mol. The van der Waals surface area contributed by atoms with E-state index in [-0.39, 0.29) is 5.97 Å². The van der Waals surface area contributed by atoms with E-state index in [9.17, 15) is 4.79 Å². The van der Waals surface area contributed by atoms with Gasteiger partial charge in [-0.1, -0.05) is 6.08 Å². The van der Waals surface area contributed by atoms with Crippen molar-refractivity contribution in [3.63, 3.8) is 0 Å². The molecule has 13 heavy (non-hydrogen) atoms. The fraction of sp³-hybridized carbons (Fsp3) is 0.667. The van der Waals surface area contributed by atoms with Crippen molar-refractivity contribution in [1.29, 1.82) is 0 Å². The van der Waals surface area contributed by atoms with E-state index >= 15 is 0 Å². The van der Waals surface area contributed by atoms with Crippen LogP contribution in [0.2, 0.25) is 0 Å². The largest absolute Gasteiger partial charge is 0.367 e. The van der Waals surface area contributed by atoms with Crippen molar-refractivity contribution in [2.75, 3.05) is 27.7 Å². The topological polar surface area (TPSA) is 41.6 Å². The van der Waals surface area contributed by atoms with Crippen LogP contribution >= 0.6 is 0 Å². The van der Waals surface area contributed by atoms with E-state index in [0.717, 1.165) is 13.0 Å². The summed E-state index contributed by atoms with van der Waals surface area (Å²) in [5, 5.41) is 0. The highest BCUT2D eigenvalue weighted by molar-refractivity contribution is 5.87. The normalized spacial score (nSPS) is 11.9. The Hall–Kier alpha value is -0.870. The summed E-state index contributed by atoms with van der Waals surface area (Å²) in [6, 6.07) is 0. The zero-order valence-electron chi connectivity index (χ0n) is 8.76. The number of carbonyl (C=O) groups is 1. The molecule has 0 atom stereocenters. The maximum atomic E-state index is 11.1. The molecule has 0 aliphatic carbocycles. The Kier molecular flexibility index (Phi) is 6.18. The summed E-state index contributed by atoms with van der Waals surface area (Å²) in [5.74, 6) is -0.318. The molecule has 0 bridgehead atoms. The van der Waals surface area contributed by atoms with Gasteiger partial charge in [0.2, 0.25) is 0 Å². The van der Waals surface area contributed by atoms with Crippen LogP contribution < -0.4 is 5.48 Å². The summed E-state index contributed by atoms with van der Waals surface area (Å²) in [4.78, 5) is 17.7. The number of carbonyl (C=O) groups excluding carboxylic acids is 1. The molecule has 4 nitrogen and oxygen atoms in total. The first-order valence-electron chi connectivity index (χ1n) is 4.27. The van der Waals surface area contributed by atoms with Crippen LogP contribution in [0.4, 0.5) is 0 Å². The number of hydrogen-bond acceptors (Lipinski definition) is 4. The van der Waals surface area contributed by atoms with Gasteiger partial charge in [0.15, 0.2) is 0 Å². The molecule has 0 aromatic rings. The highest BCUT2D eigenvalue weighted by atomic mass is 16.7. The van der Waals surface area contributed by atoms with E-state index in [0.29, 0.717) is 5.57 Å². The van der Waals surface area contributed by atoms with Gasteiger partial charge in [-0.3, -0.25) is 0 Å². The average molecular weight is 186 g/mol. The lowest BCUT2D eigenvalue weighted by atomic mass is 10.2. The lowest BCUT2D eigenvalue weighted by molar-refractivity contribution is -0.145. The number of hydroxylamine groups is 1. The van der Waals surface area contributed by atoms with E-state index in [1.807, 2.05) is 20.2 Å². The molecule has 0 amide bonds. The molecular formula is C9H18N2O2. The SMILES string of the molecule is CNOC(=O)C(C)=CCCN(C)C. The summed E-state index contributed by atoms with van der Waals surface area (Å²) < 4.78 is 0. The van der Waals surface area contributed by atoms with Crippen molar-refractivity contribution < 1.29 is 9.63 Å². The molecule has 0 radical (unpaired) electrons. The smallest absolute Gasteiger partial charge is 0.352 e. The fourth-order valence-corrected chi connectivity index (χ4v) is 0.796. The Morgan fingerprint density at radius 2 is 2.15 bits per heavy atom. The minimum absolute atomic E-state index is 0.318. The first kappa shape index (κ1) is 12.1. The third kappa shape index (κ3) is 6.31. The van der Waals surface area contributed by atoms with Gasteiger partial charge < -0.3 is 9.74 Å². The molecule has 0 spiro atoms. The lowest BCUT2D eigenvalue weighted by Crippen LogP contribution is -2.16. The molecule has 0 rings (SSSR count). The summed E-state index contributed by atoms with van der Waals surface area (Å²) >= 11 is 0. The van der Waals surface area contributed by atoms with E-state index in [1.165, 1.54) is 0 Å². The molecule has 0 aromatic carbocycles. The van der Waals surface area contributed by atoms with Crippen molar-refractivity contribution in [3.8, 4) is 0 Å². The van der Waals surface area contributed by atoms with Gasteiger partial charge in [0.05, 0.1) is 0 Å². The highest BCUT2D eigenvalue weighted by Gasteiger charge is 2.03. The fourth-order valence-electron chi connectivity index (χ4n) is 0.796. The molecule has 1 N–H and O–H groups in total. The van der Waals surface area contributed by atoms with Crippen LogP contribution in [-0.4, -0.2) is 38.6 Å². The number of rotatable bonds is 5. The van der Waals surface area contributed by atoms with Gasteiger partial charge in [-0.25, -0.2) is 4.79 Å². The first-order chi connectivity index (χ1) is 6.07. The number of nitrogens with zero attached hydrogens (tertiary/aromatic N) is 1. The monoisotopic (exact) mass is 186 g/mol. The Morgan fingerprint density at radius 1 is 1.54 bits per heavy atom. The zero-order chi connectivity index (χ0) is 10.3. The van der Waals surface area contributed by atoms with Gasteiger partial charge in [-0.15, -0.1) is 0 Å². The minimum atomic E-state index is -0.318. The molecule has 0 aromatic heterocycles. The molecule has 0 saturated heterocycles. The molecule has 0 aliphatic rings. The summed E-state index contributed by atoms with van der Waals surface area (Å²) in [5.41, 5.74) is 2.98. The van der Waals surface area contributed by atoms with Crippen molar-refractivity contribution in [2.24, 2.45) is 0 Å². The zero-order valence-corrected chi connectivity index (χ0v) is 8.76. The summed E-state index contributed by atoms with van der Waals surface area (Å²) in [7, 11) is 5.55. The summed E-state index contributed by atoms with van der Waals surface area (Å²) in [6.07, 6.45) is 2.73. The number of hydrogen-bond donors (Lipinski definition) is 1. The first-order valence-corrected chi connectivity index (χ1v) is 4.27. The standard InChI is InChI=1S/C9H18N2O2/c1-8(9(12)13-10-2)6-5-7-11(3)4/h6,10H,5,7H2,1-4H3. The average Bonchev–Trinajstić information content (AvgIpc) is 2.04. The van der Waals surface area contributed by atoms with E-state index < -0.39 is 0 Å². The summed E-state index contributed by atoms with van der Waals surface area (Å²) in [6.45, 7) is 2.68. The molecule has 0 heterocycles. The van der Waals surface area contributed by atoms with Crippen molar-refractivity contribution in [1.82, 2.24) is 10.4 Å². The van der Waals surface area contributed by atoms with Crippen LogP contribution in [0, 0.1) is 0 Å². The van der Waals surface area contributed by atoms with Gasteiger partial charge in [-0.05, 0) is 27.4 Å². The van der Waals surface area contributed by atoms with Crippen LogP contribution in [0.1, 0.15) is 13.3 Å². The third-order valence-corrected chi connectivity index (χ3v) is 1.54. The van der Waals surface area contributed by atoms with E-state index in [2.05, 4.69) is 15.2 Å².